The lowest BCUT2D eigenvalue weighted by atomic mass is 10.1. The highest BCUT2D eigenvalue weighted by Gasteiger charge is 2.16. The fourth-order valence-electron chi connectivity index (χ4n) is 2.64. The standard InChI is InChI=1S/C24H22N2O3/c1-26(2)24(28)22(25-23(27)19-11-5-3-6-12-19)17-18-10-9-15-21(16-18)29-20-13-7-4-8-14-20/h3-17H,1-2H3,(H,25,27)/b22-17+. The molecule has 0 saturated heterocycles. The second kappa shape index (κ2) is 9.37. The molecule has 0 fully saturated rings. The van der Waals surface area contributed by atoms with E-state index in [0.717, 1.165) is 11.3 Å². The molecule has 5 heteroatoms. The van der Waals surface area contributed by atoms with Crippen molar-refractivity contribution in [2.24, 2.45) is 0 Å². The largest absolute Gasteiger partial charge is 0.457 e. The van der Waals surface area contributed by atoms with Gasteiger partial charge in [-0.05, 0) is 48.0 Å². The zero-order chi connectivity index (χ0) is 20.6. The van der Waals surface area contributed by atoms with Gasteiger partial charge >= 0.3 is 0 Å². The third-order valence-corrected chi connectivity index (χ3v) is 4.07. The number of hydrogen-bond donors (Lipinski definition) is 1. The molecule has 0 aliphatic rings. The van der Waals surface area contributed by atoms with Crippen LogP contribution in [0.25, 0.3) is 6.08 Å². The van der Waals surface area contributed by atoms with Gasteiger partial charge in [0, 0.05) is 19.7 Å². The number of carbonyl (C=O) groups excluding carboxylic acids is 2. The van der Waals surface area contributed by atoms with Gasteiger partial charge in [-0.3, -0.25) is 9.59 Å². The summed E-state index contributed by atoms with van der Waals surface area (Å²) in [6, 6.07) is 25.5. The van der Waals surface area contributed by atoms with Gasteiger partial charge in [0.05, 0.1) is 0 Å². The molecule has 29 heavy (non-hydrogen) atoms. The molecule has 0 radical (unpaired) electrons. The third kappa shape index (κ3) is 5.56. The molecular formula is C24H22N2O3. The van der Waals surface area contributed by atoms with Crippen molar-refractivity contribution >= 4 is 17.9 Å². The zero-order valence-corrected chi connectivity index (χ0v) is 16.3. The third-order valence-electron chi connectivity index (χ3n) is 4.07. The van der Waals surface area contributed by atoms with Crippen LogP contribution in [0.15, 0.2) is 90.6 Å². The van der Waals surface area contributed by atoms with Crippen LogP contribution >= 0.6 is 0 Å². The van der Waals surface area contributed by atoms with Crippen LogP contribution in [0.2, 0.25) is 0 Å². The predicted octanol–water partition coefficient (Wildman–Crippen LogP) is 4.34. The first kappa shape index (κ1) is 19.9. The fraction of sp³-hybridized carbons (Fsp3) is 0.0833. The van der Waals surface area contributed by atoms with E-state index in [2.05, 4.69) is 5.32 Å². The van der Waals surface area contributed by atoms with Gasteiger partial charge in [-0.25, -0.2) is 0 Å². The quantitative estimate of drug-likeness (QED) is 0.641. The first-order valence-corrected chi connectivity index (χ1v) is 9.15. The lowest BCUT2D eigenvalue weighted by Crippen LogP contribution is -2.34. The van der Waals surface area contributed by atoms with E-state index in [0.29, 0.717) is 11.3 Å². The summed E-state index contributed by atoms with van der Waals surface area (Å²) < 4.78 is 5.85. The van der Waals surface area contributed by atoms with E-state index in [1.807, 2.05) is 60.7 Å². The van der Waals surface area contributed by atoms with Crippen LogP contribution in [0.1, 0.15) is 15.9 Å². The molecule has 3 aromatic carbocycles. The minimum Gasteiger partial charge on any atom is -0.457 e. The van der Waals surface area contributed by atoms with Crippen molar-refractivity contribution in [3.8, 4) is 11.5 Å². The van der Waals surface area contributed by atoms with Crippen molar-refractivity contribution in [3.05, 3.63) is 102 Å². The summed E-state index contributed by atoms with van der Waals surface area (Å²) in [5.74, 6) is 0.707. The summed E-state index contributed by atoms with van der Waals surface area (Å²) in [6.45, 7) is 0. The fourth-order valence-corrected chi connectivity index (χ4v) is 2.64. The molecule has 1 N–H and O–H groups in total. The minimum atomic E-state index is -0.344. The smallest absolute Gasteiger partial charge is 0.269 e. The topological polar surface area (TPSA) is 58.6 Å². The normalized spacial score (nSPS) is 10.9. The zero-order valence-electron chi connectivity index (χ0n) is 16.3. The van der Waals surface area contributed by atoms with E-state index in [-0.39, 0.29) is 17.5 Å². The second-order valence-electron chi connectivity index (χ2n) is 6.57. The van der Waals surface area contributed by atoms with Crippen molar-refractivity contribution < 1.29 is 14.3 Å². The number of carbonyl (C=O) groups is 2. The summed E-state index contributed by atoms with van der Waals surface area (Å²) in [6.07, 6.45) is 1.64. The van der Waals surface area contributed by atoms with Crippen LogP contribution in [-0.2, 0) is 4.79 Å². The summed E-state index contributed by atoms with van der Waals surface area (Å²) >= 11 is 0. The lowest BCUT2D eigenvalue weighted by Gasteiger charge is -2.15. The maximum Gasteiger partial charge on any atom is 0.269 e. The Morgan fingerprint density at radius 3 is 2.10 bits per heavy atom. The number of ether oxygens (including phenoxy) is 1. The Morgan fingerprint density at radius 2 is 1.45 bits per heavy atom. The highest BCUT2D eigenvalue weighted by atomic mass is 16.5. The van der Waals surface area contributed by atoms with Gasteiger partial charge in [0.1, 0.15) is 17.2 Å². The van der Waals surface area contributed by atoms with E-state index in [4.69, 9.17) is 4.74 Å². The number of para-hydroxylation sites is 1. The molecule has 0 heterocycles. The van der Waals surface area contributed by atoms with Gasteiger partial charge in [-0.1, -0.05) is 48.5 Å². The molecule has 146 valence electrons. The van der Waals surface area contributed by atoms with Gasteiger partial charge in [-0.2, -0.15) is 0 Å². The van der Waals surface area contributed by atoms with Crippen LogP contribution in [0.5, 0.6) is 11.5 Å². The van der Waals surface area contributed by atoms with Crippen molar-refractivity contribution in [1.29, 1.82) is 0 Å². The van der Waals surface area contributed by atoms with Crippen LogP contribution in [-0.4, -0.2) is 30.8 Å². The summed E-state index contributed by atoms with van der Waals surface area (Å²) in [4.78, 5) is 26.6. The minimum absolute atomic E-state index is 0.181. The van der Waals surface area contributed by atoms with E-state index < -0.39 is 0 Å². The first-order valence-electron chi connectivity index (χ1n) is 9.15. The molecule has 0 bridgehead atoms. The van der Waals surface area contributed by atoms with Gasteiger partial charge in [0.15, 0.2) is 0 Å². The number of nitrogens with zero attached hydrogens (tertiary/aromatic N) is 1. The Morgan fingerprint density at radius 1 is 0.828 bits per heavy atom. The molecule has 0 spiro atoms. The molecule has 0 unspecified atom stereocenters. The first-order chi connectivity index (χ1) is 14.0. The van der Waals surface area contributed by atoms with Gasteiger partial charge < -0.3 is 15.0 Å². The Kier molecular flexibility index (Phi) is 6.43. The highest BCUT2D eigenvalue weighted by molar-refractivity contribution is 6.05. The van der Waals surface area contributed by atoms with Crippen molar-refractivity contribution in [2.75, 3.05) is 14.1 Å². The number of likely N-dealkylation sites (N-methyl/N-ethyl adjacent to an activating group) is 1. The Hall–Kier alpha value is -3.86. The predicted molar refractivity (Wildman–Crippen MR) is 114 cm³/mol. The molecule has 3 rings (SSSR count). The number of rotatable bonds is 6. The molecule has 0 atom stereocenters. The molecule has 0 saturated carbocycles. The van der Waals surface area contributed by atoms with E-state index >= 15 is 0 Å². The van der Waals surface area contributed by atoms with E-state index in [1.54, 1.807) is 44.4 Å². The number of benzene rings is 3. The number of nitrogens with one attached hydrogen (secondary N) is 1. The van der Waals surface area contributed by atoms with Crippen LogP contribution in [0, 0.1) is 0 Å². The number of hydrogen-bond acceptors (Lipinski definition) is 3. The van der Waals surface area contributed by atoms with Crippen LogP contribution in [0.4, 0.5) is 0 Å². The average molecular weight is 386 g/mol. The maximum atomic E-state index is 12.6. The van der Waals surface area contributed by atoms with Gasteiger partial charge in [0.25, 0.3) is 11.8 Å². The number of amides is 2. The summed E-state index contributed by atoms with van der Waals surface area (Å²) in [5, 5.41) is 2.72. The SMILES string of the molecule is CN(C)C(=O)/C(=C\c1cccc(Oc2ccccc2)c1)NC(=O)c1ccccc1. The second-order valence-corrected chi connectivity index (χ2v) is 6.57. The van der Waals surface area contributed by atoms with Gasteiger partial charge in [-0.15, -0.1) is 0 Å². The lowest BCUT2D eigenvalue weighted by molar-refractivity contribution is -0.124. The molecule has 0 aromatic heterocycles. The van der Waals surface area contributed by atoms with E-state index in [9.17, 15) is 9.59 Å². The summed E-state index contributed by atoms with van der Waals surface area (Å²) in [7, 11) is 3.28. The Bertz CT molecular complexity index is 1010. The van der Waals surface area contributed by atoms with Crippen molar-refractivity contribution in [3.63, 3.8) is 0 Å². The van der Waals surface area contributed by atoms with Crippen molar-refractivity contribution in [2.45, 2.75) is 0 Å². The van der Waals surface area contributed by atoms with Crippen LogP contribution < -0.4 is 10.1 Å². The monoisotopic (exact) mass is 386 g/mol. The van der Waals surface area contributed by atoms with Crippen molar-refractivity contribution in [1.82, 2.24) is 10.2 Å². The Balaban J connectivity index is 1.86. The molecule has 2 amide bonds. The Labute approximate surface area is 170 Å². The molecular weight excluding hydrogens is 364 g/mol. The summed E-state index contributed by atoms with van der Waals surface area (Å²) in [5.41, 5.74) is 1.39. The molecule has 5 nitrogen and oxygen atoms in total. The molecule has 0 aliphatic heterocycles. The molecule has 3 aromatic rings. The van der Waals surface area contributed by atoms with Gasteiger partial charge in [0.2, 0.25) is 0 Å². The van der Waals surface area contributed by atoms with Crippen LogP contribution in [0.3, 0.4) is 0 Å². The van der Waals surface area contributed by atoms with E-state index in [1.165, 1.54) is 4.90 Å². The molecule has 0 aliphatic carbocycles. The highest BCUT2D eigenvalue weighted by Crippen LogP contribution is 2.22. The maximum absolute atomic E-state index is 12.6. The average Bonchev–Trinajstić information content (AvgIpc) is 2.74.